The molecule has 10 heteroatoms. The Kier molecular flexibility index (Phi) is 5.84. The number of morpholine rings is 1. The van der Waals surface area contributed by atoms with Crippen molar-refractivity contribution in [3.8, 4) is 10.9 Å². The van der Waals surface area contributed by atoms with E-state index in [-0.39, 0.29) is 11.2 Å². The lowest BCUT2D eigenvalue weighted by Crippen LogP contribution is -2.36. The van der Waals surface area contributed by atoms with E-state index in [1.54, 1.807) is 7.11 Å². The number of methoxy groups -OCH3 is 1. The minimum absolute atomic E-state index is 0.242. The molecule has 1 fully saturated rings. The summed E-state index contributed by atoms with van der Waals surface area (Å²) in [5.74, 6) is 0.648. The van der Waals surface area contributed by atoms with Crippen molar-refractivity contribution in [3.63, 3.8) is 0 Å². The molecule has 3 aromatic rings. The van der Waals surface area contributed by atoms with Crippen LogP contribution in [-0.2, 0) is 4.74 Å². The van der Waals surface area contributed by atoms with Gasteiger partial charge in [-0.2, -0.15) is 4.98 Å². The van der Waals surface area contributed by atoms with Crippen molar-refractivity contribution in [1.29, 1.82) is 0 Å². The average Bonchev–Trinajstić information content (AvgIpc) is 3.34. The van der Waals surface area contributed by atoms with Crippen LogP contribution in [0, 0.1) is 6.92 Å². The molecule has 1 aliphatic heterocycles. The van der Waals surface area contributed by atoms with Crippen LogP contribution in [0.5, 0.6) is 10.9 Å². The fraction of sp³-hybridized carbons (Fsp3) is 0.421. The number of hydrogen-bond acceptors (Lipinski definition) is 9. The number of rotatable bonds is 5. The molecule has 1 saturated heterocycles. The first-order valence-corrected chi connectivity index (χ1v) is 11.0. The molecule has 0 spiro atoms. The van der Waals surface area contributed by atoms with Crippen LogP contribution in [0.25, 0.3) is 10.2 Å². The number of aromatic nitrogens is 2. The Hall–Kier alpha value is -2.43. The third kappa shape index (κ3) is 4.29. The van der Waals surface area contributed by atoms with E-state index in [9.17, 15) is 4.79 Å². The van der Waals surface area contributed by atoms with Crippen molar-refractivity contribution in [2.75, 3.05) is 38.3 Å². The Morgan fingerprint density at radius 1 is 1.31 bits per heavy atom. The van der Waals surface area contributed by atoms with Gasteiger partial charge >= 0.3 is 6.09 Å². The van der Waals surface area contributed by atoms with Crippen LogP contribution in [0.3, 0.4) is 0 Å². The highest BCUT2D eigenvalue weighted by Crippen LogP contribution is 2.40. The molecule has 1 atom stereocenters. The molecule has 1 amide bonds. The maximum absolute atomic E-state index is 12.4. The number of carbonyl (C=O) groups excluding carboxylic acids is 1. The zero-order valence-electron chi connectivity index (χ0n) is 16.4. The Morgan fingerprint density at radius 2 is 2.10 bits per heavy atom. The molecule has 1 aromatic carbocycles. The predicted molar refractivity (Wildman–Crippen MR) is 114 cm³/mol. The summed E-state index contributed by atoms with van der Waals surface area (Å²) >= 11 is 2.84. The maximum atomic E-state index is 12.4. The van der Waals surface area contributed by atoms with Gasteiger partial charge in [0.1, 0.15) is 16.3 Å². The quantitative estimate of drug-likeness (QED) is 0.654. The van der Waals surface area contributed by atoms with Gasteiger partial charge < -0.3 is 24.4 Å². The zero-order chi connectivity index (χ0) is 20.4. The van der Waals surface area contributed by atoms with E-state index in [1.807, 2.05) is 31.4 Å². The van der Waals surface area contributed by atoms with Crippen LogP contribution in [0.15, 0.2) is 17.5 Å². The van der Waals surface area contributed by atoms with Crippen LogP contribution in [0.1, 0.15) is 23.7 Å². The minimum atomic E-state index is -0.559. The number of amides is 1. The number of thiazole rings is 2. The third-order valence-electron chi connectivity index (χ3n) is 4.56. The SMILES string of the molecule is COc1ccc(N2CCOCC2)c2sc(OC(=O)NC(C)c3nc(C)cs3)nc12. The van der Waals surface area contributed by atoms with Gasteiger partial charge in [0.25, 0.3) is 5.19 Å². The highest BCUT2D eigenvalue weighted by Gasteiger charge is 2.21. The number of fused-ring (bicyclic) bond motifs is 1. The second kappa shape index (κ2) is 8.52. The van der Waals surface area contributed by atoms with Gasteiger partial charge in [0.15, 0.2) is 0 Å². The summed E-state index contributed by atoms with van der Waals surface area (Å²) in [4.78, 5) is 23.5. The number of carbonyl (C=O) groups is 1. The van der Waals surface area contributed by atoms with Crippen molar-refractivity contribution in [1.82, 2.24) is 15.3 Å². The molecule has 0 saturated carbocycles. The summed E-state index contributed by atoms with van der Waals surface area (Å²) in [6.45, 7) is 6.78. The van der Waals surface area contributed by atoms with Crippen molar-refractivity contribution < 1.29 is 19.0 Å². The topological polar surface area (TPSA) is 85.8 Å². The van der Waals surface area contributed by atoms with Crippen molar-refractivity contribution in [2.45, 2.75) is 19.9 Å². The standard InChI is InChI=1S/C19H22N4O4S2/c1-11-10-28-17(20-11)12(2)21-18(24)27-19-22-15-14(25-3)5-4-13(16(15)29-19)23-6-8-26-9-7-23/h4-5,10,12H,6-9H2,1-3H3,(H,21,24). The van der Waals surface area contributed by atoms with E-state index < -0.39 is 6.09 Å². The van der Waals surface area contributed by atoms with Crippen LogP contribution in [-0.4, -0.2) is 49.5 Å². The van der Waals surface area contributed by atoms with E-state index >= 15 is 0 Å². The van der Waals surface area contributed by atoms with E-state index in [2.05, 4.69) is 20.2 Å². The van der Waals surface area contributed by atoms with E-state index in [0.717, 1.165) is 34.2 Å². The van der Waals surface area contributed by atoms with Crippen molar-refractivity contribution in [2.24, 2.45) is 0 Å². The van der Waals surface area contributed by atoms with Gasteiger partial charge in [-0.25, -0.2) is 9.78 Å². The number of benzene rings is 1. The van der Waals surface area contributed by atoms with Crippen molar-refractivity contribution >= 4 is 44.7 Å². The highest BCUT2D eigenvalue weighted by molar-refractivity contribution is 7.21. The zero-order valence-corrected chi connectivity index (χ0v) is 18.1. The van der Waals surface area contributed by atoms with E-state index in [1.165, 1.54) is 22.7 Å². The van der Waals surface area contributed by atoms with Gasteiger partial charge in [-0.3, -0.25) is 0 Å². The normalized spacial score (nSPS) is 15.3. The maximum Gasteiger partial charge on any atom is 0.415 e. The molecule has 8 nitrogen and oxygen atoms in total. The fourth-order valence-corrected chi connectivity index (χ4v) is 4.91. The lowest BCUT2D eigenvalue weighted by molar-refractivity contribution is 0.123. The first-order chi connectivity index (χ1) is 14.0. The molecule has 1 N–H and O–H groups in total. The molecule has 0 bridgehead atoms. The first-order valence-electron chi connectivity index (χ1n) is 9.25. The monoisotopic (exact) mass is 434 g/mol. The van der Waals surface area contributed by atoms with Crippen LogP contribution < -0.4 is 19.7 Å². The second-order valence-corrected chi connectivity index (χ2v) is 8.48. The summed E-state index contributed by atoms with van der Waals surface area (Å²) in [7, 11) is 1.60. The minimum Gasteiger partial charge on any atom is -0.494 e. The molecular weight excluding hydrogens is 412 g/mol. The lowest BCUT2D eigenvalue weighted by Gasteiger charge is -2.29. The number of anilines is 1. The fourth-order valence-electron chi connectivity index (χ4n) is 3.13. The number of aryl methyl sites for hydroxylation is 1. The summed E-state index contributed by atoms with van der Waals surface area (Å²) in [6, 6.07) is 3.67. The summed E-state index contributed by atoms with van der Waals surface area (Å²) in [5.41, 5.74) is 2.66. The van der Waals surface area contributed by atoms with Gasteiger partial charge in [0.05, 0.1) is 36.8 Å². The van der Waals surface area contributed by atoms with Gasteiger partial charge in [-0.1, -0.05) is 11.3 Å². The van der Waals surface area contributed by atoms with Gasteiger partial charge in [-0.05, 0) is 26.0 Å². The van der Waals surface area contributed by atoms with Crippen LogP contribution in [0.4, 0.5) is 10.5 Å². The molecule has 154 valence electrons. The molecule has 29 heavy (non-hydrogen) atoms. The molecule has 1 aliphatic rings. The molecule has 0 aliphatic carbocycles. The Morgan fingerprint density at radius 3 is 2.79 bits per heavy atom. The highest BCUT2D eigenvalue weighted by atomic mass is 32.1. The summed E-state index contributed by atoms with van der Waals surface area (Å²) in [6.07, 6.45) is -0.559. The summed E-state index contributed by atoms with van der Waals surface area (Å²) in [5, 5.41) is 5.86. The lowest BCUT2D eigenvalue weighted by atomic mass is 10.2. The summed E-state index contributed by atoms with van der Waals surface area (Å²) < 4.78 is 17.3. The second-order valence-electron chi connectivity index (χ2n) is 6.63. The van der Waals surface area contributed by atoms with Crippen LogP contribution in [0.2, 0.25) is 0 Å². The number of nitrogens with zero attached hydrogens (tertiary/aromatic N) is 3. The molecule has 2 aromatic heterocycles. The van der Waals surface area contributed by atoms with E-state index in [0.29, 0.717) is 24.5 Å². The number of ether oxygens (including phenoxy) is 3. The van der Waals surface area contributed by atoms with Gasteiger partial charge in [-0.15, -0.1) is 11.3 Å². The van der Waals surface area contributed by atoms with Crippen molar-refractivity contribution in [3.05, 3.63) is 28.2 Å². The molecule has 0 radical (unpaired) electrons. The van der Waals surface area contributed by atoms with Crippen LogP contribution >= 0.6 is 22.7 Å². The Balaban J connectivity index is 1.55. The molecule has 4 rings (SSSR count). The predicted octanol–water partition coefficient (Wildman–Crippen LogP) is 3.76. The third-order valence-corrected chi connectivity index (χ3v) is 6.66. The van der Waals surface area contributed by atoms with Gasteiger partial charge in [0, 0.05) is 24.2 Å². The molecular formula is C19H22N4O4S2. The largest absolute Gasteiger partial charge is 0.494 e. The molecule has 3 heterocycles. The van der Waals surface area contributed by atoms with Gasteiger partial charge in [0.2, 0.25) is 0 Å². The first kappa shape index (κ1) is 19.9. The Labute approximate surface area is 176 Å². The van der Waals surface area contributed by atoms with E-state index in [4.69, 9.17) is 14.2 Å². The molecule has 1 unspecified atom stereocenters. The number of hydrogen-bond donors (Lipinski definition) is 1. The smallest absolute Gasteiger partial charge is 0.415 e. The number of nitrogens with one attached hydrogen (secondary N) is 1. The average molecular weight is 435 g/mol. The Bertz CT molecular complexity index is 1010.